The Kier molecular flexibility index (Phi) is 4.19. The number of halogens is 4. The summed E-state index contributed by atoms with van der Waals surface area (Å²) in [6, 6.07) is 6.10. The van der Waals surface area contributed by atoms with Crippen LogP contribution >= 0.6 is 11.6 Å². The van der Waals surface area contributed by atoms with Crippen molar-refractivity contribution in [2.24, 2.45) is 0 Å². The van der Waals surface area contributed by atoms with Gasteiger partial charge in [-0.05, 0) is 29.8 Å². The third-order valence-corrected chi connectivity index (χ3v) is 4.24. The van der Waals surface area contributed by atoms with E-state index in [0.29, 0.717) is 4.90 Å². The molecule has 10 heteroatoms. The van der Waals surface area contributed by atoms with Crippen molar-refractivity contribution in [1.82, 2.24) is 4.90 Å². The minimum atomic E-state index is -4.62. The van der Waals surface area contributed by atoms with Gasteiger partial charge >= 0.3 is 6.18 Å². The summed E-state index contributed by atoms with van der Waals surface area (Å²) in [6.07, 6.45) is -4.62. The molecule has 0 radical (unpaired) electrons. The van der Waals surface area contributed by atoms with Crippen molar-refractivity contribution in [3.05, 3.63) is 73.8 Å². The largest absolute Gasteiger partial charge is 0.416 e. The zero-order valence-corrected chi connectivity index (χ0v) is 13.5. The summed E-state index contributed by atoms with van der Waals surface area (Å²) in [5.74, 6) is -1.78. The first kappa shape index (κ1) is 17.9. The van der Waals surface area contributed by atoms with Crippen molar-refractivity contribution < 1.29 is 27.7 Å². The summed E-state index contributed by atoms with van der Waals surface area (Å²) in [6.45, 7) is -0.535. The van der Waals surface area contributed by atoms with Crippen LogP contribution in [0.15, 0.2) is 36.4 Å². The van der Waals surface area contributed by atoms with Gasteiger partial charge < -0.3 is 0 Å². The van der Waals surface area contributed by atoms with Gasteiger partial charge in [0.05, 0.1) is 22.6 Å². The maximum absolute atomic E-state index is 12.9. The van der Waals surface area contributed by atoms with Crippen LogP contribution in [0.5, 0.6) is 0 Å². The molecule has 0 saturated carbocycles. The predicted molar refractivity (Wildman–Crippen MR) is 83.8 cm³/mol. The van der Waals surface area contributed by atoms with E-state index in [2.05, 4.69) is 0 Å². The number of hydrogen-bond acceptors (Lipinski definition) is 4. The number of nitro groups is 1. The highest BCUT2D eigenvalue weighted by atomic mass is 35.5. The van der Waals surface area contributed by atoms with Gasteiger partial charge in [0.1, 0.15) is 5.56 Å². The summed E-state index contributed by atoms with van der Waals surface area (Å²) in [5, 5.41) is 11.0. The number of nitro benzene ring substituents is 1. The second-order valence-corrected chi connectivity index (χ2v) is 5.86. The van der Waals surface area contributed by atoms with Crippen LogP contribution in [0.25, 0.3) is 0 Å². The van der Waals surface area contributed by atoms with Gasteiger partial charge in [-0.2, -0.15) is 13.2 Å². The summed E-state index contributed by atoms with van der Waals surface area (Å²) in [5.41, 5.74) is -2.19. The van der Waals surface area contributed by atoms with Crippen LogP contribution in [0, 0.1) is 10.1 Å². The minimum Gasteiger partial charge on any atom is -0.270 e. The van der Waals surface area contributed by atoms with Gasteiger partial charge in [-0.1, -0.05) is 17.7 Å². The molecule has 0 atom stereocenters. The lowest BCUT2D eigenvalue weighted by molar-refractivity contribution is -0.385. The van der Waals surface area contributed by atoms with E-state index in [1.165, 1.54) is 12.1 Å². The molecule has 0 saturated heterocycles. The number of carbonyl (C=O) groups is 2. The molecular formula is C16H8ClF3N2O4. The Labute approximate surface area is 148 Å². The van der Waals surface area contributed by atoms with Gasteiger partial charge in [-0.25, -0.2) is 0 Å². The lowest BCUT2D eigenvalue weighted by Crippen LogP contribution is -2.29. The zero-order chi connectivity index (χ0) is 19.2. The number of rotatable bonds is 3. The molecule has 1 aliphatic heterocycles. The maximum Gasteiger partial charge on any atom is 0.416 e. The smallest absolute Gasteiger partial charge is 0.270 e. The summed E-state index contributed by atoms with van der Waals surface area (Å²) in [7, 11) is 0. The minimum absolute atomic E-state index is 0.0657. The highest BCUT2D eigenvalue weighted by Crippen LogP contribution is 2.35. The summed E-state index contributed by atoms with van der Waals surface area (Å²) < 4.78 is 38.6. The molecule has 0 spiro atoms. The Morgan fingerprint density at radius 1 is 1.12 bits per heavy atom. The average molecular weight is 385 g/mol. The van der Waals surface area contributed by atoms with E-state index in [-0.39, 0.29) is 21.7 Å². The molecule has 0 aliphatic carbocycles. The average Bonchev–Trinajstić information content (AvgIpc) is 2.80. The number of fused-ring (bicyclic) bond motifs is 1. The first-order valence-electron chi connectivity index (χ1n) is 7.10. The second-order valence-electron chi connectivity index (χ2n) is 5.46. The van der Waals surface area contributed by atoms with E-state index >= 15 is 0 Å². The van der Waals surface area contributed by atoms with Crippen molar-refractivity contribution >= 4 is 29.1 Å². The predicted octanol–water partition coefficient (Wildman–Crippen LogP) is 4.06. The molecule has 2 amide bonds. The number of amides is 2. The standard InChI is InChI=1S/C16H8ClF3N2O4/c17-11-5-4-9(16(18,19)20)6-8(11)7-21-14(23)10-2-1-3-12(22(25)26)13(10)15(21)24/h1-6H,7H2. The van der Waals surface area contributed by atoms with E-state index in [1.807, 2.05) is 0 Å². The fourth-order valence-electron chi connectivity index (χ4n) is 2.65. The number of imide groups is 1. The first-order chi connectivity index (χ1) is 12.1. The molecule has 1 heterocycles. The van der Waals surface area contributed by atoms with Crippen molar-refractivity contribution in [3.8, 4) is 0 Å². The number of alkyl halides is 3. The van der Waals surface area contributed by atoms with Crippen LogP contribution in [0.3, 0.4) is 0 Å². The number of benzene rings is 2. The number of hydrogen-bond donors (Lipinski definition) is 0. The SMILES string of the molecule is O=C1c2cccc([N+](=O)[O-])c2C(=O)N1Cc1cc(C(F)(F)F)ccc1Cl. The maximum atomic E-state index is 12.9. The van der Waals surface area contributed by atoms with E-state index in [0.717, 1.165) is 24.3 Å². The third-order valence-electron chi connectivity index (χ3n) is 3.88. The van der Waals surface area contributed by atoms with Crippen molar-refractivity contribution in [1.29, 1.82) is 0 Å². The van der Waals surface area contributed by atoms with E-state index in [1.54, 1.807) is 0 Å². The van der Waals surface area contributed by atoms with Crippen molar-refractivity contribution in [3.63, 3.8) is 0 Å². The zero-order valence-electron chi connectivity index (χ0n) is 12.7. The molecule has 3 rings (SSSR count). The fraction of sp³-hybridized carbons (Fsp3) is 0.125. The third kappa shape index (κ3) is 2.90. The molecule has 0 aromatic heterocycles. The molecule has 0 N–H and O–H groups in total. The van der Waals surface area contributed by atoms with Gasteiger partial charge in [-0.15, -0.1) is 0 Å². The summed E-state index contributed by atoms with van der Waals surface area (Å²) in [4.78, 5) is 35.8. The van der Waals surface area contributed by atoms with Crippen LogP contribution in [-0.4, -0.2) is 21.6 Å². The van der Waals surface area contributed by atoms with Crippen molar-refractivity contribution in [2.45, 2.75) is 12.7 Å². The highest BCUT2D eigenvalue weighted by molar-refractivity contribution is 6.31. The summed E-state index contributed by atoms with van der Waals surface area (Å²) >= 11 is 5.89. The molecule has 26 heavy (non-hydrogen) atoms. The number of carbonyl (C=O) groups excluding carboxylic acids is 2. The molecule has 2 aromatic carbocycles. The van der Waals surface area contributed by atoms with Gasteiger partial charge in [0.2, 0.25) is 0 Å². The Hall–Kier alpha value is -2.94. The molecule has 6 nitrogen and oxygen atoms in total. The van der Waals surface area contributed by atoms with Crippen molar-refractivity contribution in [2.75, 3.05) is 0 Å². The Bertz CT molecular complexity index is 959. The second kappa shape index (κ2) is 6.10. The van der Waals surface area contributed by atoms with Crippen LogP contribution in [0.4, 0.5) is 18.9 Å². The topological polar surface area (TPSA) is 80.5 Å². The Balaban J connectivity index is 2.01. The fourth-order valence-corrected chi connectivity index (χ4v) is 2.83. The van der Waals surface area contributed by atoms with E-state index in [9.17, 15) is 32.9 Å². The first-order valence-corrected chi connectivity index (χ1v) is 7.48. The normalized spacial score (nSPS) is 13.9. The van der Waals surface area contributed by atoms with Gasteiger partial charge in [-0.3, -0.25) is 24.6 Å². The quantitative estimate of drug-likeness (QED) is 0.454. The molecule has 1 aliphatic rings. The van der Waals surface area contributed by atoms with E-state index < -0.39 is 40.7 Å². The molecule has 0 fully saturated rings. The molecule has 2 aromatic rings. The molecule has 0 bridgehead atoms. The monoisotopic (exact) mass is 384 g/mol. The Morgan fingerprint density at radius 3 is 2.42 bits per heavy atom. The molecule has 134 valence electrons. The van der Waals surface area contributed by atoms with Gasteiger partial charge in [0.15, 0.2) is 0 Å². The molecular weight excluding hydrogens is 377 g/mol. The lowest BCUT2D eigenvalue weighted by atomic mass is 10.1. The molecule has 0 unspecified atom stereocenters. The lowest BCUT2D eigenvalue weighted by Gasteiger charge is -2.16. The highest BCUT2D eigenvalue weighted by Gasteiger charge is 2.41. The van der Waals surface area contributed by atoms with Crippen LogP contribution in [0.1, 0.15) is 31.8 Å². The van der Waals surface area contributed by atoms with Crippen LogP contribution in [0.2, 0.25) is 5.02 Å². The van der Waals surface area contributed by atoms with E-state index in [4.69, 9.17) is 11.6 Å². The number of nitrogens with zero attached hydrogens (tertiary/aromatic N) is 2. The van der Waals surface area contributed by atoms with Crippen LogP contribution in [-0.2, 0) is 12.7 Å². The van der Waals surface area contributed by atoms with Crippen LogP contribution < -0.4 is 0 Å². The van der Waals surface area contributed by atoms with Gasteiger partial charge in [0, 0.05) is 11.1 Å². The Morgan fingerprint density at radius 2 is 1.81 bits per heavy atom. The van der Waals surface area contributed by atoms with Gasteiger partial charge in [0.25, 0.3) is 17.5 Å².